The summed E-state index contributed by atoms with van der Waals surface area (Å²) in [6.07, 6.45) is 1.09. The van der Waals surface area contributed by atoms with Crippen molar-refractivity contribution in [3.63, 3.8) is 0 Å². The number of benzene rings is 3. The fourth-order valence-electron chi connectivity index (χ4n) is 5.56. The second kappa shape index (κ2) is 9.88. The van der Waals surface area contributed by atoms with Crippen LogP contribution in [0, 0.1) is 0 Å². The molecule has 0 amide bonds. The molecule has 8 heteroatoms. The molecule has 1 saturated heterocycles. The second-order valence-electron chi connectivity index (χ2n) is 10.2. The van der Waals surface area contributed by atoms with E-state index in [1.54, 1.807) is 12.1 Å². The molecule has 1 atom stereocenters. The Hall–Kier alpha value is -2.88. The minimum Gasteiger partial charge on any atom is -0.492 e. The van der Waals surface area contributed by atoms with Crippen molar-refractivity contribution in [3.8, 4) is 16.9 Å². The van der Waals surface area contributed by atoms with E-state index in [0.29, 0.717) is 18.6 Å². The molecule has 0 radical (unpaired) electrons. The average Bonchev–Trinajstić information content (AvgIpc) is 3.25. The lowest BCUT2D eigenvalue weighted by Gasteiger charge is -2.40. The zero-order chi connectivity index (χ0) is 25.4. The third kappa shape index (κ3) is 4.51. The maximum absolute atomic E-state index is 11.3. The average molecular weight is 487 g/mol. The summed E-state index contributed by atoms with van der Waals surface area (Å²) in [5, 5.41) is 30.7. The smallest absolute Gasteiger partial charge is 0.488 e. The molecule has 2 heterocycles. The molecule has 1 unspecified atom stereocenters. The lowest BCUT2D eigenvalue weighted by atomic mass is 9.74. The van der Waals surface area contributed by atoms with E-state index >= 15 is 0 Å². The Labute approximate surface area is 212 Å². The highest BCUT2D eigenvalue weighted by atomic mass is 16.5. The number of likely N-dealkylation sites (tertiary alicyclic amines) is 1. The molecule has 5 rings (SSSR count). The molecule has 1 fully saturated rings. The van der Waals surface area contributed by atoms with Crippen LogP contribution < -0.4 is 20.8 Å². The summed E-state index contributed by atoms with van der Waals surface area (Å²) in [5.41, 5.74) is 12.2. The van der Waals surface area contributed by atoms with Gasteiger partial charge in [-0.05, 0) is 53.2 Å². The minimum absolute atomic E-state index is 0.0231. The van der Waals surface area contributed by atoms with Gasteiger partial charge in [-0.15, -0.1) is 0 Å². The van der Waals surface area contributed by atoms with Gasteiger partial charge >= 0.3 is 7.12 Å². The number of rotatable bonds is 6. The molecule has 0 aliphatic carbocycles. The van der Waals surface area contributed by atoms with Crippen LogP contribution in [-0.4, -0.2) is 61.0 Å². The van der Waals surface area contributed by atoms with Crippen LogP contribution in [-0.2, 0) is 12.0 Å². The van der Waals surface area contributed by atoms with E-state index < -0.39 is 13.3 Å². The van der Waals surface area contributed by atoms with Gasteiger partial charge in [-0.25, -0.2) is 0 Å². The van der Waals surface area contributed by atoms with E-state index in [2.05, 4.69) is 11.0 Å². The fourth-order valence-corrected chi connectivity index (χ4v) is 5.56. The number of hydrogen-bond acceptors (Lipinski definition) is 7. The maximum Gasteiger partial charge on any atom is 0.488 e. The van der Waals surface area contributed by atoms with Crippen molar-refractivity contribution in [1.29, 1.82) is 0 Å². The SMILES string of the molecule is CN(C)c1ccc(B(O)O)cc1-c1cccc(C(O)N2CCC3(CC2)COc2ccc(CN)cc23)c1. The van der Waals surface area contributed by atoms with Gasteiger partial charge in [0.05, 0.1) is 6.61 Å². The Bertz CT molecular complexity index is 1240. The Kier molecular flexibility index (Phi) is 6.81. The molecule has 2 aliphatic heterocycles. The number of aliphatic hydroxyl groups is 1. The number of nitrogens with two attached hydrogens (primary N) is 1. The summed E-state index contributed by atoms with van der Waals surface area (Å²) >= 11 is 0. The van der Waals surface area contributed by atoms with Crippen molar-refractivity contribution in [2.24, 2.45) is 5.73 Å². The number of aliphatic hydroxyl groups excluding tert-OH is 1. The van der Waals surface area contributed by atoms with Crippen molar-refractivity contribution < 1.29 is 19.9 Å². The van der Waals surface area contributed by atoms with Gasteiger partial charge in [-0.1, -0.05) is 42.5 Å². The third-order valence-electron chi connectivity index (χ3n) is 7.75. The van der Waals surface area contributed by atoms with Gasteiger partial charge in [0.1, 0.15) is 12.0 Å². The molecule has 0 aromatic heterocycles. The van der Waals surface area contributed by atoms with E-state index in [4.69, 9.17) is 10.5 Å². The van der Waals surface area contributed by atoms with Gasteiger partial charge in [-0.2, -0.15) is 0 Å². The minimum atomic E-state index is -1.54. The van der Waals surface area contributed by atoms with E-state index in [-0.39, 0.29) is 5.41 Å². The van der Waals surface area contributed by atoms with E-state index in [1.807, 2.05) is 61.5 Å². The zero-order valence-electron chi connectivity index (χ0n) is 20.9. The lowest BCUT2D eigenvalue weighted by Crippen LogP contribution is -2.45. The Morgan fingerprint density at radius 2 is 1.83 bits per heavy atom. The molecule has 7 nitrogen and oxygen atoms in total. The summed E-state index contributed by atoms with van der Waals surface area (Å²) in [7, 11) is 2.37. The molecule has 3 aromatic rings. The molecule has 3 aromatic carbocycles. The predicted octanol–water partition coefficient (Wildman–Crippen LogP) is 1.98. The first-order valence-electron chi connectivity index (χ1n) is 12.5. The Morgan fingerprint density at radius 3 is 2.53 bits per heavy atom. The number of fused-ring (bicyclic) bond motifs is 2. The van der Waals surface area contributed by atoms with Gasteiger partial charge in [0.15, 0.2) is 0 Å². The zero-order valence-corrected chi connectivity index (χ0v) is 20.9. The molecule has 0 saturated carbocycles. The first kappa shape index (κ1) is 24.8. The van der Waals surface area contributed by atoms with Crippen LogP contribution in [0.2, 0.25) is 0 Å². The first-order valence-corrected chi connectivity index (χ1v) is 12.5. The van der Waals surface area contributed by atoms with Gasteiger partial charge in [0.25, 0.3) is 0 Å². The standard InChI is InChI=1S/C28H34BN3O4/c1-31(2)25-8-7-22(29(34)35)16-23(25)20-4-3-5-21(15-20)27(33)32-12-10-28(11-13-32)18-36-26-9-6-19(17-30)14-24(26)28/h3-9,14-16,27,33-35H,10-13,17-18,30H2,1-2H3. The topological polar surface area (TPSA) is 102 Å². The van der Waals surface area contributed by atoms with Crippen molar-refractivity contribution in [1.82, 2.24) is 4.90 Å². The molecule has 1 spiro atoms. The fraction of sp³-hybridized carbons (Fsp3) is 0.357. The summed E-state index contributed by atoms with van der Waals surface area (Å²) in [6, 6.07) is 19.5. The molecule has 188 valence electrons. The maximum atomic E-state index is 11.3. The summed E-state index contributed by atoms with van der Waals surface area (Å²) in [5.74, 6) is 0.959. The van der Waals surface area contributed by atoms with E-state index in [1.165, 1.54) is 5.56 Å². The normalized spacial score (nSPS) is 17.5. The van der Waals surface area contributed by atoms with Crippen LogP contribution in [0.15, 0.2) is 60.7 Å². The van der Waals surface area contributed by atoms with Crippen LogP contribution >= 0.6 is 0 Å². The largest absolute Gasteiger partial charge is 0.492 e. The van der Waals surface area contributed by atoms with E-state index in [9.17, 15) is 15.2 Å². The van der Waals surface area contributed by atoms with Gasteiger partial charge in [0.2, 0.25) is 0 Å². The highest BCUT2D eigenvalue weighted by molar-refractivity contribution is 6.58. The van der Waals surface area contributed by atoms with Crippen molar-refractivity contribution >= 4 is 18.3 Å². The Morgan fingerprint density at radius 1 is 1.06 bits per heavy atom. The van der Waals surface area contributed by atoms with Crippen LogP contribution in [0.3, 0.4) is 0 Å². The summed E-state index contributed by atoms with van der Waals surface area (Å²) < 4.78 is 6.03. The molecular formula is C28H34BN3O4. The first-order chi connectivity index (χ1) is 17.3. The number of anilines is 1. The molecule has 0 bridgehead atoms. The van der Waals surface area contributed by atoms with Crippen LogP contribution in [0.1, 0.15) is 35.8 Å². The predicted molar refractivity (Wildman–Crippen MR) is 143 cm³/mol. The highest BCUT2D eigenvalue weighted by Crippen LogP contribution is 2.46. The second-order valence-corrected chi connectivity index (χ2v) is 10.2. The number of hydrogen-bond donors (Lipinski definition) is 4. The molecule has 36 heavy (non-hydrogen) atoms. The lowest BCUT2D eigenvalue weighted by molar-refractivity contribution is -0.0259. The van der Waals surface area contributed by atoms with Gasteiger partial charge < -0.3 is 30.5 Å². The van der Waals surface area contributed by atoms with Crippen LogP contribution in [0.5, 0.6) is 5.75 Å². The quantitative estimate of drug-likeness (QED) is 0.395. The van der Waals surface area contributed by atoms with Crippen LogP contribution in [0.4, 0.5) is 5.69 Å². The summed E-state index contributed by atoms with van der Waals surface area (Å²) in [6.45, 7) is 2.71. The number of piperidine rings is 1. The summed E-state index contributed by atoms with van der Waals surface area (Å²) in [4.78, 5) is 4.11. The van der Waals surface area contributed by atoms with Crippen LogP contribution in [0.25, 0.3) is 11.1 Å². The molecule has 2 aliphatic rings. The Balaban J connectivity index is 1.37. The van der Waals surface area contributed by atoms with Gasteiger partial charge in [-0.3, -0.25) is 4.90 Å². The van der Waals surface area contributed by atoms with E-state index in [0.717, 1.165) is 59.6 Å². The molecule has 5 N–H and O–H groups in total. The van der Waals surface area contributed by atoms with Gasteiger partial charge in [0, 0.05) is 56.0 Å². The highest BCUT2D eigenvalue weighted by Gasteiger charge is 2.44. The van der Waals surface area contributed by atoms with Crippen molar-refractivity contribution in [3.05, 3.63) is 77.4 Å². The van der Waals surface area contributed by atoms with Crippen molar-refractivity contribution in [2.45, 2.75) is 31.0 Å². The molecular weight excluding hydrogens is 453 g/mol. The third-order valence-corrected chi connectivity index (χ3v) is 7.75. The number of ether oxygens (including phenoxy) is 1. The van der Waals surface area contributed by atoms with Crippen molar-refractivity contribution in [2.75, 3.05) is 38.7 Å². The number of nitrogens with zero attached hydrogens (tertiary/aromatic N) is 2. The monoisotopic (exact) mass is 487 g/mol.